The van der Waals surface area contributed by atoms with Crippen LogP contribution < -0.4 is 10.6 Å². The van der Waals surface area contributed by atoms with Crippen molar-refractivity contribution >= 4 is 143 Å². The summed E-state index contributed by atoms with van der Waals surface area (Å²) in [7, 11) is 7.29. The van der Waals surface area contributed by atoms with Crippen molar-refractivity contribution in [3.63, 3.8) is 0 Å². The van der Waals surface area contributed by atoms with Crippen LogP contribution in [0.3, 0.4) is 0 Å². The highest BCUT2D eigenvalue weighted by Crippen LogP contribution is 2.38. The van der Waals surface area contributed by atoms with E-state index in [4.69, 9.17) is 93.7 Å². The van der Waals surface area contributed by atoms with Crippen molar-refractivity contribution in [2.75, 3.05) is 178 Å². The van der Waals surface area contributed by atoms with Gasteiger partial charge in [-0.25, -0.2) is 0 Å². The van der Waals surface area contributed by atoms with Gasteiger partial charge in [-0.2, -0.15) is 27.4 Å². The van der Waals surface area contributed by atoms with E-state index in [1.807, 2.05) is 44.7 Å². The van der Waals surface area contributed by atoms with Crippen molar-refractivity contribution in [2.24, 2.45) is 0 Å². The number of aliphatic hydroxyl groups excluding tert-OH is 9. The third-order valence-electron chi connectivity index (χ3n) is 10.6. The van der Waals surface area contributed by atoms with Gasteiger partial charge in [0.2, 0.25) is 23.6 Å². The maximum Gasteiger partial charge on any atom is 0.303 e. The van der Waals surface area contributed by atoms with Gasteiger partial charge in [0.25, 0.3) is 12.9 Å². The van der Waals surface area contributed by atoms with Crippen molar-refractivity contribution in [1.82, 2.24) is 15.5 Å². The average molecular weight is 1550 g/mol. The van der Waals surface area contributed by atoms with Crippen molar-refractivity contribution in [3.8, 4) is 0 Å². The summed E-state index contributed by atoms with van der Waals surface area (Å²) < 4.78 is 47.6. The molecule has 0 radical (unpaired) electrons. The van der Waals surface area contributed by atoms with Gasteiger partial charge in [0.05, 0.1) is 191 Å². The van der Waals surface area contributed by atoms with Gasteiger partial charge < -0.3 is 109 Å². The lowest BCUT2D eigenvalue weighted by Crippen LogP contribution is -2.61. The number of carboxylic acids is 2. The Morgan fingerprint density at radius 3 is 1.06 bits per heavy atom. The van der Waals surface area contributed by atoms with E-state index in [2.05, 4.69) is 60.4 Å². The molecule has 4 amide bonds. The van der Waals surface area contributed by atoms with Crippen LogP contribution in [0.25, 0.3) is 0 Å². The molecule has 0 aliphatic carbocycles. The number of hydrogen-bond donors (Lipinski definition) is 13. The molecule has 1 heterocycles. The van der Waals surface area contributed by atoms with Crippen LogP contribution in [0.5, 0.6) is 0 Å². The maximum absolute atomic E-state index is 12.9. The third-order valence-corrected chi connectivity index (χ3v) is 14.6. The van der Waals surface area contributed by atoms with E-state index in [0.717, 1.165) is 4.90 Å². The number of carbonyl (C=O) groups is 6. The average Bonchev–Trinajstić information content (AvgIpc) is 3.71. The van der Waals surface area contributed by atoms with Crippen molar-refractivity contribution in [3.05, 3.63) is 0 Å². The molecule has 6 unspecified atom stereocenters. The quantitative estimate of drug-likeness (QED) is 0.00901. The van der Waals surface area contributed by atoms with E-state index in [-0.39, 0.29) is 222 Å². The number of carboxylic acid groups (broad SMARTS) is 2. The number of likely N-dealkylation sites (tertiary alicyclic amines) is 1. The molecule has 1 fully saturated rings. The Bertz CT molecular complexity index is 1610. The largest absolute Gasteiger partial charge is 0.481 e. The predicted octanol–water partition coefficient (Wildman–Crippen LogP) is -4.30. The highest BCUT2D eigenvalue weighted by atomic mass is 127. The van der Waals surface area contributed by atoms with E-state index in [0.29, 0.717) is 0 Å². The van der Waals surface area contributed by atoms with Crippen LogP contribution in [0.2, 0.25) is 17.5 Å². The van der Waals surface area contributed by atoms with E-state index in [1.54, 1.807) is 0 Å². The molecule has 29 nitrogen and oxygen atoms in total. The van der Waals surface area contributed by atoms with E-state index < -0.39 is 57.8 Å². The number of hydrogen-bond acceptors (Lipinski definition) is 24. The Morgan fingerprint density at radius 2 is 0.812 bits per heavy atom. The molecule has 80 heavy (non-hydrogen) atoms. The number of halogens is 3. The van der Waals surface area contributed by atoms with Crippen molar-refractivity contribution in [1.29, 1.82) is 0 Å². The number of aliphatic hydroxyl groups is 9. The number of imide groups is 1. The summed E-state index contributed by atoms with van der Waals surface area (Å²) in [4.78, 5) is 74.2. The molecule has 1 rings (SSSR count). The Morgan fingerprint density at radius 1 is 0.512 bits per heavy atom. The van der Waals surface area contributed by atoms with Crippen molar-refractivity contribution in [2.45, 2.75) is 53.3 Å². The molecule has 0 bridgehead atoms. The van der Waals surface area contributed by atoms with Crippen LogP contribution >= 0.6 is 94.5 Å². The van der Waals surface area contributed by atoms with Gasteiger partial charge in [0, 0.05) is 24.5 Å². The topological polar surface area (TPSA) is 435 Å². The second kappa shape index (κ2) is 50.0. The fourth-order valence-corrected chi connectivity index (χ4v) is 9.55. The molecule has 0 aromatic carbocycles. The molecule has 38 heteroatoms. The number of amides is 4. The minimum Gasteiger partial charge on any atom is -0.481 e. The molecule has 1 aliphatic rings. The molecule has 0 saturated carbocycles. The molecule has 0 aromatic rings. The predicted molar refractivity (Wildman–Crippen MR) is 326 cm³/mol. The Balaban J connectivity index is 0. The molecular weight excluding hydrogens is 1470 g/mol. The molecule has 13 N–H and O–H groups in total. The molecule has 0 aromatic heterocycles. The number of carbonyl (C=O) groups excluding carboxylic acids is 4. The zero-order valence-corrected chi connectivity index (χ0v) is 54.5. The number of rotatable bonds is 48. The molecule has 0 spiro atoms. The smallest absolute Gasteiger partial charge is 0.303 e. The fourth-order valence-electron chi connectivity index (χ4n) is 6.93. The van der Waals surface area contributed by atoms with Gasteiger partial charge in [-0.15, -0.1) is 67.1 Å². The van der Waals surface area contributed by atoms with Gasteiger partial charge in [-0.05, 0) is 0 Å². The molecular formula is C42H82B3I3N3O26P3. The van der Waals surface area contributed by atoms with Crippen molar-refractivity contribution < 1.29 is 128 Å². The van der Waals surface area contributed by atoms with Crippen LogP contribution in [0, 0.1) is 0 Å². The first kappa shape index (κ1) is 82.0. The second-order valence-corrected chi connectivity index (χ2v) is 27.9. The maximum atomic E-state index is 12.9. The molecule has 1 saturated heterocycles. The van der Waals surface area contributed by atoms with E-state index >= 15 is 0 Å². The van der Waals surface area contributed by atoms with Crippen LogP contribution in [-0.4, -0.2) is 305 Å². The summed E-state index contributed by atoms with van der Waals surface area (Å²) in [6, 6.07) is 0. The van der Waals surface area contributed by atoms with Crippen LogP contribution in [0.1, 0.15) is 19.3 Å². The van der Waals surface area contributed by atoms with Crippen LogP contribution in [-0.2, 0) is 71.4 Å². The minimum atomic E-state index is -1.24. The number of nitrogens with one attached hydrogen (secondary N) is 2. The lowest BCUT2D eigenvalue weighted by Gasteiger charge is -2.40. The zero-order valence-electron chi connectivity index (χ0n) is 44.5. The van der Waals surface area contributed by atoms with Crippen LogP contribution in [0.15, 0.2) is 0 Å². The van der Waals surface area contributed by atoms with Gasteiger partial charge in [-0.3, -0.25) is 33.7 Å². The summed E-state index contributed by atoms with van der Waals surface area (Å²) in [6.45, 7) is -2.40. The highest BCUT2D eigenvalue weighted by molar-refractivity contribution is 14.1. The first-order valence-electron chi connectivity index (χ1n) is 24.9. The monoisotopic (exact) mass is 1550 g/mol. The van der Waals surface area contributed by atoms with Gasteiger partial charge in [0.1, 0.15) is 16.6 Å². The van der Waals surface area contributed by atoms with Crippen LogP contribution in [0.4, 0.5) is 0 Å². The van der Waals surface area contributed by atoms with Gasteiger partial charge in [0.15, 0.2) is 0 Å². The lowest BCUT2D eigenvalue weighted by atomic mass is 9.81. The number of ether oxygens (including phenoxy) is 9. The summed E-state index contributed by atoms with van der Waals surface area (Å²) >= 11 is 5.96. The summed E-state index contributed by atoms with van der Waals surface area (Å²) in [5.74, 6) is -6.11. The Hall–Kier alpha value is -0.0252. The summed E-state index contributed by atoms with van der Waals surface area (Å²) in [6.07, 6.45) is -0.530. The SMILES string of the molecule is O=C(CC(B(P)I)C(=O)O)NC(COCCO)(COCCO)COCCO.O=C(O)CC(B(P)I)C(=O)NC(COCCO)(COCCO)COCCO.O=C1CC(B(P)I)C(=O)N1C(COCCO)(COCCO)COCCO. The lowest BCUT2D eigenvalue weighted by molar-refractivity contribution is -0.160. The zero-order chi connectivity index (χ0) is 61.0. The van der Waals surface area contributed by atoms with Gasteiger partial charge >= 0.3 is 11.9 Å². The number of aliphatic carboxylic acids is 2. The molecule has 466 valence electrons. The first-order valence-corrected chi connectivity index (χ1v) is 30.6. The molecule has 1 aliphatic heterocycles. The normalized spacial score (nSPS) is 14.4. The second-order valence-electron chi connectivity index (χ2n) is 17.4. The van der Waals surface area contributed by atoms with E-state index in [9.17, 15) is 33.9 Å². The van der Waals surface area contributed by atoms with E-state index in [1.165, 1.54) is 0 Å². The fraction of sp³-hybridized carbons (Fsp3) is 0.857. The summed E-state index contributed by atoms with van der Waals surface area (Å²) in [5, 5.41) is 104. The summed E-state index contributed by atoms with van der Waals surface area (Å²) in [5.41, 5.74) is -3.58. The third kappa shape index (κ3) is 35.6. The highest BCUT2D eigenvalue weighted by Gasteiger charge is 2.53. The standard InChI is InChI=1S/2C14H28BINO9P.C14H26BINO8P/c16-15(27)11(7-12(21)22)13(23)17-14(8-24-4-1-18,9-25-5-2-19)10-26-6-3-20;16-15(27)11(13(22)23)7-12(21)17-14(8-24-4-1-18,9-25-5-2-19)10-26-6-3-20;16-15(26)11-7-12(21)17(13(11)22)14(8-23-4-1-18,9-24-5-2-19)10-25-6-3-20/h11,18-20H,1-10,27H2,(H,17,23)(H,21,22);11,18-20H,1-10,27H2,(H,17,21)(H,22,23);11,18-20H,1-10,26H2. The van der Waals surface area contributed by atoms with Gasteiger partial charge in [-0.1, -0.05) is 0 Å². The minimum absolute atomic E-state index is 0.0225. The first-order chi connectivity index (χ1) is 38.1. The molecule has 6 atom stereocenters. The number of nitrogens with zero attached hydrogens (tertiary/aromatic N) is 1. The Kier molecular flexibility index (Phi) is 51.3. The Labute approximate surface area is 514 Å².